The lowest BCUT2D eigenvalue weighted by molar-refractivity contribution is 0.598. The molecule has 2 heterocycles. The summed E-state index contributed by atoms with van der Waals surface area (Å²) in [5.41, 5.74) is 8.26. The molecule has 45 heavy (non-hydrogen) atoms. The standard InChI is InChI=1S/C39H25N3O2S/c43-45(44)35-14-8-7-13-33(35)34-24-23-32(25-36(34)45)39-41-37(30-11-5-2-6-12-30)40-38(42-39)31-21-19-29(20-22-31)28-17-15-27(16-18-28)26-9-3-1-4-10-26/h1-25H. The number of nitrogens with zero attached hydrogens (tertiary/aromatic N) is 3. The summed E-state index contributed by atoms with van der Waals surface area (Å²) in [7, 11) is -3.64. The van der Waals surface area contributed by atoms with Gasteiger partial charge in [0.15, 0.2) is 17.5 Å². The van der Waals surface area contributed by atoms with Crippen LogP contribution in [0.25, 0.3) is 67.5 Å². The van der Waals surface area contributed by atoms with Crippen molar-refractivity contribution in [1.82, 2.24) is 15.0 Å². The van der Waals surface area contributed by atoms with Crippen LogP contribution < -0.4 is 0 Å². The van der Waals surface area contributed by atoms with Gasteiger partial charge in [-0.05, 0) is 34.4 Å². The van der Waals surface area contributed by atoms with Gasteiger partial charge in [-0.3, -0.25) is 0 Å². The van der Waals surface area contributed by atoms with E-state index in [4.69, 9.17) is 15.0 Å². The Morgan fingerprint density at radius 2 is 0.711 bits per heavy atom. The number of fused-ring (bicyclic) bond motifs is 3. The molecule has 0 atom stereocenters. The van der Waals surface area contributed by atoms with E-state index in [1.165, 1.54) is 11.1 Å². The predicted octanol–water partition coefficient (Wildman–Crippen LogP) is 9.02. The topological polar surface area (TPSA) is 72.8 Å². The Kier molecular flexibility index (Phi) is 6.43. The molecule has 0 amide bonds. The van der Waals surface area contributed by atoms with Crippen LogP contribution in [-0.2, 0) is 9.84 Å². The second-order valence-electron chi connectivity index (χ2n) is 10.9. The third-order valence-corrected chi connectivity index (χ3v) is 9.98. The average molecular weight is 600 g/mol. The number of hydrogen-bond acceptors (Lipinski definition) is 5. The number of sulfone groups is 1. The van der Waals surface area contributed by atoms with Gasteiger partial charge in [0.05, 0.1) is 9.79 Å². The third-order valence-electron chi connectivity index (χ3n) is 8.13. The van der Waals surface area contributed by atoms with Crippen molar-refractivity contribution in [3.05, 3.63) is 152 Å². The van der Waals surface area contributed by atoms with Crippen molar-refractivity contribution >= 4 is 9.84 Å². The molecule has 1 aromatic heterocycles. The quantitative estimate of drug-likeness (QED) is 0.197. The predicted molar refractivity (Wildman–Crippen MR) is 178 cm³/mol. The summed E-state index contributed by atoms with van der Waals surface area (Å²) in [6.07, 6.45) is 0. The first-order chi connectivity index (χ1) is 22.0. The molecule has 0 saturated carbocycles. The van der Waals surface area contributed by atoms with Crippen LogP contribution in [0.15, 0.2) is 161 Å². The first kappa shape index (κ1) is 26.9. The van der Waals surface area contributed by atoms with E-state index in [-0.39, 0.29) is 4.90 Å². The van der Waals surface area contributed by atoms with Gasteiger partial charge in [-0.1, -0.05) is 140 Å². The van der Waals surface area contributed by atoms with Gasteiger partial charge in [0, 0.05) is 27.8 Å². The van der Waals surface area contributed by atoms with E-state index in [0.29, 0.717) is 33.5 Å². The molecule has 0 aliphatic carbocycles. The van der Waals surface area contributed by atoms with Crippen LogP contribution in [0.3, 0.4) is 0 Å². The van der Waals surface area contributed by atoms with E-state index in [9.17, 15) is 8.42 Å². The van der Waals surface area contributed by atoms with Crippen molar-refractivity contribution in [2.75, 3.05) is 0 Å². The Labute approximate surface area is 261 Å². The number of hydrogen-bond donors (Lipinski definition) is 0. The van der Waals surface area contributed by atoms with Crippen molar-refractivity contribution in [1.29, 1.82) is 0 Å². The molecule has 0 spiro atoms. The second-order valence-corrected chi connectivity index (χ2v) is 12.8. The van der Waals surface area contributed by atoms with E-state index in [1.54, 1.807) is 18.2 Å². The van der Waals surface area contributed by atoms with Gasteiger partial charge >= 0.3 is 0 Å². The van der Waals surface area contributed by atoms with Crippen molar-refractivity contribution in [2.24, 2.45) is 0 Å². The fourth-order valence-corrected chi connectivity index (χ4v) is 7.51. The largest absolute Gasteiger partial charge is 0.218 e. The zero-order valence-corrected chi connectivity index (χ0v) is 24.8. The summed E-state index contributed by atoms with van der Waals surface area (Å²) in [6, 6.07) is 49.3. The maximum Gasteiger partial charge on any atom is 0.207 e. The maximum absolute atomic E-state index is 13.4. The fraction of sp³-hybridized carbons (Fsp3) is 0. The van der Waals surface area contributed by atoms with Crippen molar-refractivity contribution in [2.45, 2.75) is 9.79 Å². The highest BCUT2D eigenvalue weighted by molar-refractivity contribution is 7.92. The highest BCUT2D eigenvalue weighted by Crippen LogP contribution is 2.44. The van der Waals surface area contributed by atoms with Crippen LogP contribution in [0.1, 0.15) is 0 Å². The van der Waals surface area contributed by atoms with Gasteiger partial charge in [-0.25, -0.2) is 23.4 Å². The summed E-state index contributed by atoms with van der Waals surface area (Å²) in [5.74, 6) is 1.44. The van der Waals surface area contributed by atoms with Crippen LogP contribution in [0, 0.1) is 0 Å². The van der Waals surface area contributed by atoms with Gasteiger partial charge in [-0.15, -0.1) is 0 Å². The Morgan fingerprint density at radius 3 is 1.29 bits per heavy atom. The van der Waals surface area contributed by atoms with Gasteiger partial charge in [-0.2, -0.15) is 0 Å². The maximum atomic E-state index is 13.4. The van der Waals surface area contributed by atoms with Crippen LogP contribution in [0.5, 0.6) is 0 Å². The molecule has 0 saturated heterocycles. The molecular weight excluding hydrogens is 575 g/mol. The van der Waals surface area contributed by atoms with Crippen LogP contribution >= 0.6 is 0 Å². The monoisotopic (exact) mass is 599 g/mol. The van der Waals surface area contributed by atoms with Gasteiger partial charge in [0.25, 0.3) is 0 Å². The Hall–Kier alpha value is -5.72. The van der Waals surface area contributed by atoms with E-state index in [2.05, 4.69) is 48.5 Å². The minimum Gasteiger partial charge on any atom is -0.218 e. The van der Waals surface area contributed by atoms with Crippen LogP contribution in [0.4, 0.5) is 0 Å². The molecule has 6 heteroatoms. The second kappa shape index (κ2) is 10.8. The summed E-state index contributed by atoms with van der Waals surface area (Å²) in [6.45, 7) is 0. The highest BCUT2D eigenvalue weighted by atomic mass is 32.2. The lowest BCUT2D eigenvalue weighted by atomic mass is 9.99. The number of benzene rings is 6. The van der Waals surface area contributed by atoms with Gasteiger partial charge in [0.2, 0.25) is 9.84 Å². The average Bonchev–Trinajstić information content (AvgIpc) is 3.34. The molecule has 1 aliphatic rings. The first-order valence-corrected chi connectivity index (χ1v) is 16.1. The SMILES string of the molecule is O=S1(=O)c2ccccc2-c2ccc(-c3nc(-c4ccccc4)nc(-c4ccc(-c5ccc(-c6ccccc6)cc5)cc4)n3)cc21. The zero-order chi connectivity index (χ0) is 30.4. The van der Waals surface area contributed by atoms with Crippen LogP contribution in [-0.4, -0.2) is 23.4 Å². The fourth-order valence-electron chi connectivity index (χ4n) is 5.80. The Bertz CT molecular complexity index is 2300. The number of rotatable bonds is 5. The van der Waals surface area contributed by atoms with E-state index >= 15 is 0 Å². The Morgan fingerprint density at radius 1 is 0.333 bits per heavy atom. The lowest BCUT2D eigenvalue weighted by Crippen LogP contribution is -2.01. The molecule has 0 radical (unpaired) electrons. The smallest absolute Gasteiger partial charge is 0.207 e. The van der Waals surface area contributed by atoms with Gasteiger partial charge in [0.1, 0.15) is 0 Å². The highest BCUT2D eigenvalue weighted by Gasteiger charge is 2.33. The minimum absolute atomic E-state index is 0.270. The van der Waals surface area contributed by atoms with Crippen molar-refractivity contribution in [3.63, 3.8) is 0 Å². The molecule has 1 aliphatic heterocycles. The number of aromatic nitrogens is 3. The molecule has 0 bridgehead atoms. The summed E-state index contributed by atoms with van der Waals surface area (Å²) < 4.78 is 26.8. The molecular formula is C39H25N3O2S. The van der Waals surface area contributed by atoms with Gasteiger partial charge < -0.3 is 0 Å². The molecule has 6 aromatic carbocycles. The third kappa shape index (κ3) is 4.82. The molecule has 0 fully saturated rings. The van der Waals surface area contributed by atoms with E-state index in [1.807, 2.05) is 84.9 Å². The lowest BCUT2D eigenvalue weighted by Gasteiger charge is -2.10. The van der Waals surface area contributed by atoms with Crippen LogP contribution in [0.2, 0.25) is 0 Å². The molecule has 0 N–H and O–H groups in total. The van der Waals surface area contributed by atoms with Crippen molar-refractivity contribution < 1.29 is 8.42 Å². The van der Waals surface area contributed by atoms with Crippen molar-refractivity contribution in [3.8, 4) is 67.5 Å². The summed E-state index contributed by atoms with van der Waals surface area (Å²) in [5, 5.41) is 0. The molecule has 7 aromatic rings. The molecule has 214 valence electrons. The van der Waals surface area contributed by atoms with E-state index < -0.39 is 9.84 Å². The summed E-state index contributed by atoms with van der Waals surface area (Å²) >= 11 is 0. The Balaban J connectivity index is 1.18. The first-order valence-electron chi connectivity index (χ1n) is 14.6. The zero-order valence-electron chi connectivity index (χ0n) is 24.0. The normalized spacial score (nSPS) is 12.8. The molecule has 0 unspecified atom stereocenters. The minimum atomic E-state index is -3.64. The van der Waals surface area contributed by atoms with E-state index in [0.717, 1.165) is 27.8 Å². The summed E-state index contributed by atoms with van der Waals surface area (Å²) in [4.78, 5) is 15.1. The molecule has 8 rings (SSSR count). The molecule has 5 nitrogen and oxygen atoms in total.